The Labute approximate surface area is 102 Å². The average molecular weight is 375 g/mol. The minimum absolute atomic E-state index is 0.387. The van der Waals surface area contributed by atoms with Crippen LogP contribution in [0.1, 0.15) is 25.0 Å². The van der Waals surface area contributed by atoms with Crippen LogP contribution < -0.4 is 0 Å². The number of aromatic hydroxyl groups is 1. The monoisotopic (exact) mass is 375 g/mol. The Kier molecular flexibility index (Phi) is 4.69. The van der Waals surface area contributed by atoms with Crippen LogP contribution in [0, 0.1) is 6.92 Å². The van der Waals surface area contributed by atoms with E-state index in [1.807, 2.05) is 19.1 Å². The summed E-state index contributed by atoms with van der Waals surface area (Å²) in [5.41, 5.74) is 2.07. The van der Waals surface area contributed by atoms with Crippen molar-refractivity contribution < 1.29 is 24.5 Å². The molecule has 2 nitrogen and oxygen atoms in total. The molecule has 0 aromatic heterocycles. The van der Waals surface area contributed by atoms with Crippen molar-refractivity contribution in [2.45, 2.75) is 20.8 Å². The van der Waals surface area contributed by atoms with Crippen LogP contribution in [-0.4, -0.2) is 27.1 Å². The van der Waals surface area contributed by atoms with Gasteiger partial charge >= 0.3 is 102 Å². The molecule has 15 heavy (non-hydrogen) atoms. The number of phenols is 1. The molecular weight excluding hydrogens is 358 g/mol. The Morgan fingerprint density at radius 1 is 1.33 bits per heavy atom. The summed E-state index contributed by atoms with van der Waals surface area (Å²) in [6.07, 6.45) is 0. The van der Waals surface area contributed by atoms with Gasteiger partial charge in [-0.1, -0.05) is 0 Å². The Hall–Kier alpha value is -0.462. The summed E-state index contributed by atoms with van der Waals surface area (Å²) in [5, 5.41) is 9.65. The third-order valence-electron chi connectivity index (χ3n) is 2.51. The fourth-order valence-corrected chi connectivity index (χ4v) is 2.82. The molecule has 0 fully saturated rings. The summed E-state index contributed by atoms with van der Waals surface area (Å²) in [7, 11) is 0. The Morgan fingerprint density at radius 3 is 2.40 bits per heavy atom. The van der Waals surface area contributed by atoms with Gasteiger partial charge in [-0.3, -0.25) is 0 Å². The van der Waals surface area contributed by atoms with Crippen LogP contribution in [0.25, 0.3) is 0 Å². The number of phenolic OH excluding ortho intramolecular Hbond substituents is 1. The van der Waals surface area contributed by atoms with Crippen molar-refractivity contribution in [3.63, 3.8) is 0 Å². The normalized spacial score (nSPS) is 10.7. The molecule has 82 valence electrons. The van der Waals surface area contributed by atoms with Gasteiger partial charge in [-0.25, -0.2) is 0 Å². The van der Waals surface area contributed by atoms with Crippen LogP contribution in [0.5, 0.6) is 5.75 Å². The van der Waals surface area contributed by atoms with Crippen molar-refractivity contribution in [1.29, 1.82) is 0 Å². The van der Waals surface area contributed by atoms with E-state index >= 15 is 0 Å². The van der Waals surface area contributed by atoms with Gasteiger partial charge in [0.2, 0.25) is 0 Å². The molecule has 1 aromatic carbocycles. The van der Waals surface area contributed by atoms with Gasteiger partial charge in [-0.05, 0) is 0 Å². The predicted octanol–water partition coefficient (Wildman–Crippen LogP) is 2.07. The fraction of sp³-hybridized carbons (Fsp3) is 0.417. The van der Waals surface area contributed by atoms with Gasteiger partial charge in [0.15, 0.2) is 0 Å². The van der Waals surface area contributed by atoms with Crippen LogP contribution in [-0.2, 0) is 19.4 Å². The zero-order valence-electron chi connectivity index (χ0n) is 9.45. The van der Waals surface area contributed by atoms with E-state index in [2.05, 4.69) is 24.8 Å². The number of rotatable bonds is 4. The molecule has 0 saturated carbocycles. The van der Waals surface area contributed by atoms with Gasteiger partial charge < -0.3 is 0 Å². The van der Waals surface area contributed by atoms with E-state index in [0.717, 1.165) is 24.2 Å². The molecular formula is C12H17NOW. The van der Waals surface area contributed by atoms with E-state index in [1.54, 1.807) is 0 Å². The quantitative estimate of drug-likeness (QED) is 0.871. The summed E-state index contributed by atoms with van der Waals surface area (Å²) < 4.78 is 1.30. The molecule has 0 heterocycles. The first-order valence-electron chi connectivity index (χ1n) is 5.19. The molecule has 0 aliphatic carbocycles. The van der Waals surface area contributed by atoms with Crippen molar-refractivity contribution in [3.8, 4) is 5.75 Å². The predicted molar refractivity (Wildman–Crippen MR) is 59.9 cm³/mol. The van der Waals surface area contributed by atoms with Crippen molar-refractivity contribution in [2.24, 2.45) is 0 Å². The SMILES string of the molecule is CCN(CC)[C](=[W])c1ccc(C)c(O)c1. The van der Waals surface area contributed by atoms with Crippen molar-refractivity contribution in [3.05, 3.63) is 29.3 Å². The van der Waals surface area contributed by atoms with Crippen LogP contribution in [0.2, 0.25) is 0 Å². The van der Waals surface area contributed by atoms with E-state index in [1.165, 1.54) is 23.4 Å². The van der Waals surface area contributed by atoms with Crippen molar-refractivity contribution in [1.82, 2.24) is 4.90 Å². The maximum atomic E-state index is 9.65. The molecule has 3 heteroatoms. The molecule has 1 N–H and O–H groups in total. The molecule has 0 unspecified atom stereocenters. The van der Waals surface area contributed by atoms with E-state index < -0.39 is 0 Å². The number of hydrogen-bond donors (Lipinski definition) is 1. The first-order chi connectivity index (χ1) is 7.10. The zero-order valence-corrected chi connectivity index (χ0v) is 12.4. The maximum absolute atomic E-state index is 9.65. The molecule has 0 amide bonds. The second-order valence-electron chi connectivity index (χ2n) is 3.48. The summed E-state index contributed by atoms with van der Waals surface area (Å²) in [5.74, 6) is 0.387. The van der Waals surface area contributed by atoms with Gasteiger partial charge in [-0.2, -0.15) is 0 Å². The molecule has 1 rings (SSSR count). The minimum atomic E-state index is 0.387. The summed E-state index contributed by atoms with van der Waals surface area (Å²) in [6.45, 7) is 8.26. The molecule has 0 spiro atoms. The number of hydrogen-bond acceptors (Lipinski definition) is 2. The molecule has 0 aliphatic heterocycles. The Bertz CT molecular complexity index is 359. The third-order valence-corrected chi connectivity index (χ3v) is 4.28. The summed E-state index contributed by atoms with van der Waals surface area (Å²) in [6, 6.07) is 5.91. The molecule has 0 aliphatic rings. The standard InChI is InChI=1S/C12H17NO.W/c1-4-13(5-2)9-11-7-6-10(3)12(14)8-11;/h6-8,14H,4-5H2,1-3H3;. The molecule has 0 saturated heterocycles. The Morgan fingerprint density at radius 2 is 1.93 bits per heavy atom. The zero-order chi connectivity index (χ0) is 11.4. The van der Waals surface area contributed by atoms with E-state index in [0.29, 0.717) is 5.75 Å². The second-order valence-corrected chi connectivity index (χ2v) is 4.87. The molecule has 1 aromatic rings. The summed E-state index contributed by atoms with van der Waals surface area (Å²) in [4.78, 5) is 2.32. The van der Waals surface area contributed by atoms with Gasteiger partial charge in [0, 0.05) is 0 Å². The van der Waals surface area contributed by atoms with Crippen LogP contribution in [0.15, 0.2) is 18.2 Å². The van der Waals surface area contributed by atoms with Gasteiger partial charge in [0.05, 0.1) is 0 Å². The van der Waals surface area contributed by atoms with Crippen LogP contribution in [0.3, 0.4) is 0 Å². The average Bonchev–Trinajstić information content (AvgIpc) is 2.23. The van der Waals surface area contributed by atoms with E-state index in [-0.39, 0.29) is 0 Å². The van der Waals surface area contributed by atoms with Gasteiger partial charge in [-0.15, -0.1) is 0 Å². The first-order valence-corrected chi connectivity index (χ1v) is 6.65. The number of nitrogens with zero attached hydrogens (tertiary/aromatic N) is 1. The molecule has 0 radical (unpaired) electrons. The first kappa shape index (κ1) is 12.6. The fourth-order valence-electron chi connectivity index (χ4n) is 1.44. The van der Waals surface area contributed by atoms with E-state index in [9.17, 15) is 5.11 Å². The third kappa shape index (κ3) is 2.99. The van der Waals surface area contributed by atoms with Crippen molar-refractivity contribution >= 4 is 4.02 Å². The number of benzene rings is 1. The van der Waals surface area contributed by atoms with Crippen LogP contribution >= 0.6 is 0 Å². The van der Waals surface area contributed by atoms with Gasteiger partial charge in [0.25, 0.3) is 0 Å². The Balaban J connectivity index is 2.96. The van der Waals surface area contributed by atoms with E-state index in [4.69, 9.17) is 0 Å². The molecule has 0 atom stereocenters. The second kappa shape index (κ2) is 5.58. The number of aryl methyl sites for hydroxylation is 1. The topological polar surface area (TPSA) is 23.5 Å². The molecule has 0 bridgehead atoms. The summed E-state index contributed by atoms with van der Waals surface area (Å²) >= 11 is 1.44. The van der Waals surface area contributed by atoms with Crippen LogP contribution in [0.4, 0.5) is 0 Å². The van der Waals surface area contributed by atoms with Crippen molar-refractivity contribution in [2.75, 3.05) is 13.1 Å². The van der Waals surface area contributed by atoms with Gasteiger partial charge in [0.1, 0.15) is 0 Å².